The minimum absolute atomic E-state index is 0. The summed E-state index contributed by atoms with van der Waals surface area (Å²) in [6.07, 6.45) is 3.28. The molecular formula is C20H34IN3O2. The quantitative estimate of drug-likeness (QED) is 0.186. The zero-order chi connectivity index (χ0) is 18.7. The molecule has 0 saturated heterocycles. The van der Waals surface area contributed by atoms with E-state index in [0.29, 0.717) is 12.3 Å². The number of ether oxygens (including phenoxy) is 1. The molecule has 1 aromatic rings. The SMILES string of the molecule is CN=C(NCCCCC(=O)OC)NC(C)c1ccc(CC(C)C)cc1.I. The number of unbranched alkanes of at least 4 members (excludes halogenated alkanes) is 1. The van der Waals surface area contributed by atoms with Gasteiger partial charge in [-0.25, -0.2) is 0 Å². The Kier molecular flexibility index (Phi) is 13.1. The van der Waals surface area contributed by atoms with E-state index in [1.165, 1.54) is 18.2 Å². The highest BCUT2D eigenvalue weighted by Gasteiger charge is 2.08. The molecule has 0 amide bonds. The van der Waals surface area contributed by atoms with E-state index in [0.717, 1.165) is 31.8 Å². The average Bonchev–Trinajstić information content (AvgIpc) is 2.60. The van der Waals surface area contributed by atoms with Crippen LogP contribution in [0.15, 0.2) is 29.3 Å². The van der Waals surface area contributed by atoms with Gasteiger partial charge in [-0.3, -0.25) is 9.79 Å². The Morgan fingerprint density at radius 1 is 1.15 bits per heavy atom. The molecule has 1 rings (SSSR count). The van der Waals surface area contributed by atoms with Crippen molar-refractivity contribution in [3.63, 3.8) is 0 Å². The van der Waals surface area contributed by atoms with Gasteiger partial charge in [-0.2, -0.15) is 0 Å². The molecule has 6 heteroatoms. The van der Waals surface area contributed by atoms with Gasteiger partial charge in [0.1, 0.15) is 0 Å². The summed E-state index contributed by atoms with van der Waals surface area (Å²) in [5, 5.41) is 6.69. The molecule has 0 aliphatic carbocycles. The van der Waals surface area contributed by atoms with Gasteiger partial charge >= 0.3 is 5.97 Å². The molecule has 0 aliphatic heterocycles. The number of carbonyl (C=O) groups excluding carboxylic acids is 1. The van der Waals surface area contributed by atoms with Crippen molar-refractivity contribution >= 4 is 35.9 Å². The van der Waals surface area contributed by atoms with Gasteiger partial charge in [0.25, 0.3) is 0 Å². The number of guanidine groups is 1. The largest absolute Gasteiger partial charge is 0.469 e. The summed E-state index contributed by atoms with van der Waals surface area (Å²) in [6, 6.07) is 8.94. The highest BCUT2D eigenvalue weighted by molar-refractivity contribution is 14.0. The third kappa shape index (κ3) is 9.99. The molecular weight excluding hydrogens is 441 g/mol. The minimum atomic E-state index is -0.156. The predicted molar refractivity (Wildman–Crippen MR) is 119 cm³/mol. The van der Waals surface area contributed by atoms with Crippen molar-refractivity contribution in [1.82, 2.24) is 10.6 Å². The average molecular weight is 475 g/mol. The van der Waals surface area contributed by atoms with Crippen molar-refractivity contribution in [1.29, 1.82) is 0 Å². The van der Waals surface area contributed by atoms with Gasteiger partial charge in [-0.05, 0) is 43.2 Å². The van der Waals surface area contributed by atoms with E-state index in [1.807, 2.05) is 0 Å². The summed E-state index contributed by atoms with van der Waals surface area (Å²) in [5.41, 5.74) is 2.61. The molecule has 1 atom stereocenters. The van der Waals surface area contributed by atoms with Crippen molar-refractivity contribution in [3.8, 4) is 0 Å². The van der Waals surface area contributed by atoms with Gasteiger partial charge in [-0.1, -0.05) is 38.1 Å². The van der Waals surface area contributed by atoms with Crippen molar-refractivity contribution in [2.75, 3.05) is 20.7 Å². The van der Waals surface area contributed by atoms with Crippen molar-refractivity contribution < 1.29 is 9.53 Å². The number of aliphatic imine (C=N–C) groups is 1. The van der Waals surface area contributed by atoms with Crippen LogP contribution >= 0.6 is 24.0 Å². The molecule has 26 heavy (non-hydrogen) atoms. The standard InChI is InChI=1S/C20H33N3O2.HI/c1-15(2)14-17-9-11-18(12-10-17)16(3)23-20(21-4)22-13-7-6-8-19(24)25-5;/h9-12,15-16H,6-8,13-14H2,1-5H3,(H2,21,22,23);1H. The number of rotatable bonds is 9. The fraction of sp³-hybridized carbons (Fsp3) is 0.600. The number of nitrogens with zero attached hydrogens (tertiary/aromatic N) is 1. The number of hydrogen-bond donors (Lipinski definition) is 2. The van der Waals surface area contributed by atoms with Crippen LogP contribution < -0.4 is 10.6 Å². The van der Waals surface area contributed by atoms with Gasteiger partial charge < -0.3 is 15.4 Å². The monoisotopic (exact) mass is 475 g/mol. The maximum Gasteiger partial charge on any atom is 0.305 e. The van der Waals surface area contributed by atoms with Gasteiger partial charge in [0.2, 0.25) is 0 Å². The molecule has 0 heterocycles. The topological polar surface area (TPSA) is 62.7 Å². The zero-order valence-electron chi connectivity index (χ0n) is 16.7. The van der Waals surface area contributed by atoms with Crippen LogP contribution in [0.5, 0.6) is 0 Å². The van der Waals surface area contributed by atoms with E-state index < -0.39 is 0 Å². The Balaban J connectivity index is 0.00000625. The molecule has 0 aliphatic rings. The fourth-order valence-electron chi connectivity index (χ4n) is 2.60. The lowest BCUT2D eigenvalue weighted by Crippen LogP contribution is -2.39. The van der Waals surface area contributed by atoms with Crippen LogP contribution in [0.1, 0.15) is 57.2 Å². The summed E-state index contributed by atoms with van der Waals surface area (Å²) in [5.74, 6) is 1.29. The predicted octanol–water partition coefficient (Wildman–Crippen LogP) is 4.07. The summed E-state index contributed by atoms with van der Waals surface area (Å²) in [6.45, 7) is 7.37. The smallest absolute Gasteiger partial charge is 0.305 e. The third-order valence-electron chi connectivity index (χ3n) is 4.03. The molecule has 0 saturated carbocycles. The van der Waals surface area contributed by atoms with Crippen molar-refractivity contribution in [3.05, 3.63) is 35.4 Å². The number of carbonyl (C=O) groups is 1. The van der Waals surface area contributed by atoms with E-state index >= 15 is 0 Å². The van der Waals surface area contributed by atoms with Crippen LogP contribution in [0.3, 0.4) is 0 Å². The summed E-state index contributed by atoms with van der Waals surface area (Å²) in [7, 11) is 3.19. The Bertz CT molecular complexity index is 544. The lowest BCUT2D eigenvalue weighted by molar-refractivity contribution is -0.140. The summed E-state index contributed by atoms with van der Waals surface area (Å²) < 4.78 is 4.63. The second-order valence-corrected chi connectivity index (χ2v) is 6.74. The molecule has 1 aromatic carbocycles. The first-order chi connectivity index (χ1) is 12.0. The van der Waals surface area contributed by atoms with Gasteiger partial charge in [-0.15, -0.1) is 24.0 Å². The van der Waals surface area contributed by atoms with Crippen molar-refractivity contribution in [2.45, 2.75) is 52.5 Å². The molecule has 1 unspecified atom stereocenters. The van der Waals surface area contributed by atoms with Crippen LogP contribution in [0.4, 0.5) is 0 Å². The molecule has 0 aromatic heterocycles. The lowest BCUT2D eigenvalue weighted by Gasteiger charge is -2.18. The lowest BCUT2D eigenvalue weighted by atomic mass is 10.00. The molecule has 148 valence electrons. The van der Waals surface area contributed by atoms with Crippen LogP contribution in [0, 0.1) is 5.92 Å². The van der Waals surface area contributed by atoms with Crippen LogP contribution in [0.25, 0.3) is 0 Å². The molecule has 0 spiro atoms. The van der Waals surface area contributed by atoms with E-state index in [9.17, 15) is 4.79 Å². The maximum atomic E-state index is 11.1. The van der Waals surface area contributed by atoms with Crippen LogP contribution in [0.2, 0.25) is 0 Å². The van der Waals surface area contributed by atoms with E-state index in [4.69, 9.17) is 0 Å². The van der Waals surface area contributed by atoms with Crippen LogP contribution in [-0.4, -0.2) is 32.6 Å². The molecule has 0 radical (unpaired) electrons. The second kappa shape index (κ2) is 13.8. The highest BCUT2D eigenvalue weighted by atomic mass is 127. The zero-order valence-corrected chi connectivity index (χ0v) is 19.0. The number of esters is 1. The van der Waals surface area contributed by atoms with Crippen LogP contribution in [-0.2, 0) is 16.0 Å². The number of methoxy groups -OCH3 is 1. The molecule has 0 bridgehead atoms. The Hall–Kier alpha value is -1.31. The second-order valence-electron chi connectivity index (χ2n) is 6.74. The Morgan fingerprint density at radius 3 is 2.35 bits per heavy atom. The first-order valence-corrected chi connectivity index (χ1v) is 9.09. The molecule has 0 fully saturated rings. The Labute approximate surface area is 175 Å². The van der Waals surface area contributed by atoms with E-state index in [-0.39, 0.29) is 36.0 Å². The van der Waals surface area contributed by atoms with E-state index in [1.54, 1.807) is 7.05 Å². The molecule has 2 N–H and O–H groups in total. The van der Waals surface area contributed by atoms with Gasteiger partial charge in [0.05, 0.1) is 13.2 Å². The summed E-state index contributed by atoms with van der Waals surface area (Å²) >= 11 is 0. The van der Waals surface area contributed by atoms with Crippen molar-refractivity contribution in [2.24, 2.45) is 10.9 Å². The van der Waals surface area contributed by atoms with Gasteiger partial charge in [0.15, 0.2) is 5.96 Å². The number of benzene rings is 1. The minimum Gasteiger partial charge on any atom is -0.469 e. The maximum absolute atomic E-state index is 11.1. The third-order valence-corrected chi connectivity index (χ3v) is 4.03. The first kappa shape index (κ1) is 24.7. The Morgan fingerprint density at radius 2 is 1.81 bits per heavy atom. The number of hydrogen-bond acceptors (Lipinski definition) is 3. The first-order valence-electron chi connectivity index (χ1n) is 9.09. The van der Waals surface area contributed by atoms with E-state index in [2.05, 4.69) is 65.4 Å². The highest BCUT2D eigenvalue weighted by Crippen LogP contribution is 2.15. The number of halogens is 1. The number of nitrogens with one attached hydrogen (secondary N) is 2. The normalized spacial score (nSPS) is 12.3. The van der Waals surface area contributed by atoms with Gasteiger partial charge in [0, 0.05) is 20.0 Å². The molecule has 5 nitrogen and oxygen atoms in total. The fourth-order valence-corrected chi connectivity index (χ4v) is 2.60. The summed E-state index contributed by atoms with van der Waals surface area (Å²) in [4.78, 5) is 15.3.